The Morgan fingerprint density at radius 2 is 2.04 bits per heavy atom. The normalized spacial score (nSPS) is 11.8. The van der Waals surface area contributed by atoms with E-state index in [1.165, 1.54) is 10.9 Å². The molecule has 0 spiro atoms. The monoisotopic (exact) mass is 390 g/mol. The molecule has 1 N–H and O–H groups in total. The van der Waals surface area contributed by atoms with Crippen molar-refractivity contribution in [1.82, 2.24) is 24.1 Å². The molecule has 0 amide bonds. The zero-order chi connectivity index (χ0) is 18.9. The van der Waals surface area contributed by atoms with Crippen molar-refractivity contribution < 1.29 is 22.0 Å². The van der Waals surface area contributed by atoms with Crippen LogP contribution in [0, 0.1) is 11.6 Å². The van der Waals surface area contributed by atoms with Crippen LogP contribution in [0.25, 0.3) is 11.4 Å². The number of rotatable bonds is 5. The first-order valence-electron chi connectivity index (χ1n) is 7.34. The second-order valence-electron chi connectivity index (χ2n) is 5.18. The van der Waals surface area contributed by atoms with Crippen molar-refractivity contribution >= 4 is 22.5 Å². The summed E-state index contributed by atoms with van der Waals surface area (Å²) in [7, 11) is 0. The van der Waals surface area contributed by atoms with Crippen molar-refractivity contribution in [2.45, 2.75) is 26.1 Å². The van der Waals surface area contributed by atoms with Crippen molar-refractivity contribution in [3.05, 3.63) is 35.8 Å². The summed E-state index contributed by atoms with van der Waals surface area (Å²) < 4.78 is 71.1. The number of halogens is 5. The molecule has 0 bridgehead atoms. The van der Waals surface area contributed by atoms with Crippen molar-refractivity contribution in [1.29, 1.82) is 0 Å². The predicted molar refractivity (Wildman–Crippen MR) is 83.9 cm³/mol. The van der Waals surface area contributed by atoms with E-state index in [2.05, 4.69) is 24.8 Å². The van der Waals surface area contributed by atoms with Crippen LogP contribution in [-0.4, -0.2) is 24.1 Å². The fraction of sp³-hybridized carbons (Fsp3) is 0.286. The summed E-state index contributed by atoms with van der Waals surface area (Å²) >= 11 is 0.717. The second-order valence-corrected chi connectivity index (χ2v) is 5.94. The topological polar surface area (TPSA) is 68.5 Å². The number of pyridine rings is 1. The van der Waals surface area contributed by atoms with E-state index in [-0.39, 0.29) is 22.3 Å². The van der Waals surface area contributed by atoms with Gasteiger partial charge in [0.2, 0.25) is 5.13 Å². The Morgan fingerprint density at radius 1 is 1.27 bits per heavy atom. The summed E-state index contributed by atoms with van der Waals surface area (Å²) in [6.07, 6.45) is -2.05. The van der Waals surface area contributed by atoms with Crippen molar-refractivity contribution in [2.24, 2.45) is 0 Å². The Balaban J connectivity index is 1.92. The molecule has 26 heavy (non-hydrogen) atoms. The van der Waals surface area contributed by atoms with E-state index in [4.69, 9.17) is 0 Å². The molecule has 0 saturated heterocycles. The van der Waals surface area contributed by atoms with E-state index in [0.29, 0.717) is 19.0 Å². The lowest BCUT2D eigenvalue weighted by atomic mass is 10.2. The molecule has 3 aromatic heterocycles. The number of hydrogen-bond donors (Lipinski definition) is 1. The van der Waals surface area contributed by atoms with Crippen molar-refractivity contribution in [2.75, 3.05) is 5.32 Å². The lowest BCUT2D eigenvalue weighted by Gasteiger charge is -2.03. The summed E-state index contributed by atoms with van der Waals surface area (Å²) in [4.78, 5) is 7.45. The van der Waals surface area contributed by atoms with Gasteiger partial charge in [-0.25, -0.2) is 13.8 Å². The van der Waals surface area contributed by atoms with Crippen LogP contribution in [0.3, 0.4) is 0 Å². The molecule has 0 unspecified atom stereocenters. The molecule has 3 heterocycles. The summed E-state index contributed by atoms with van der Waals surface area (Å²) in [6, 6.07) is 0.619. The fourth-order valence-corrected chi connectivity index (χ4v) is 2.71. The molecule has 3 aromatic rings. The third-order valence-electron chi connectivity index (χ3n) is 3.18. The highest BCUT2D eigenvalue weighted by Crippen LogP contribution is 2.36. The number of alkyl halides is 3. The number of aromatic nitrogens is 5. The fourth-order valence-electron chi connectivity index (χ4n) is 2.13. The van der Waals surface area contributed by atoms with E-state index in [9.17, 15) is 22.0 Å². The standard InChI is InChI=1S/C14H11F5N6S/c1-2-3-25-6-8(10(23-25)14(17,18)19)11-21-13(26-24-11)22-12-9(16)4-7(15)5-20-12/h4-6H,2-3H2,1H3,(H,20,21,22,24). The highest BCUT2D eigenvalue weighted by atomic mass is 32.1. The first kappa shape index (κ1) is 18.2. The first-order valence-corrected chi connectivity index (χ1v) is 8.12. The Kier molecular flexibility index (Phi) is 4.85. The minimum Gasteiger partial charge on any atom is -0.313 e. The summed E-state index contributed by atoms with van der Waals surface area (Å²) in [6.45, 7) is 2.12. The Labute approximate surface area is 147 Å². The van der Waals surface area contributed by atoms with Gasteiger partial charge < -0.3 is 5.32 Å². The van der Waals surface area contributed by atoms with Gasteiger partial charge in [0.1, 0.15) is 5.82 Å². The summed E-state index contributed by atoms with van der Waals surface area (Å²) in [5.41, 5.74) is -1.37. The smallest absolute Gasteiger partial charge is 0.313 e. The largest absolute Gasteiger partial charge is 0.435 e. The van der Waals surface area contributed by atoms with Crippen LogP contribution < -0.4 is 5.32 Å². The van der Waals surface area contributed by atoms with Crippen LogP contribution >= 0.6 is 11.5 Å². The molecule has 0 fully saturated rings. The molecular weight excluding hydrogens is 379 g/mol. The zero-order valence-electron chi connectivity index (χ0n) is 13.2. The van der Waals surface area contributed by atoms with Gasteiger partial charge in [0.15, 0.2) is 23.2 Å². The van der Waals surface area contributed by atoms with Gasteiger partial charge in [-0.15, -0.1) is 0 Å². The van der Waals surface area contributed by atoms with Gasteiger partial charge in [-0.1, -0.05) is 6.92 Å². The SMILES string of the molecule is CCCn1cc(-c2nsc(Nc3ncc(F)cc3F)n2)c(C(F)(F)F)n1. The molecule has 12 heteroatoms. The first-order chi connectivity index (χ1) is 12.3. The maximum atomic E-state index is 13.6. The minimum absolute atomic E-state index is 0.00868. The van der Waals surface area contributed by atoms with Crippen LogP contribution in [-0.2, 0) is 12.7 Å². The van der Waals surface area contributed by atoms with E-state index in [1.807, 2.05) is 6.92 Å². The van der Waals surface area contributed by atoms with Gasteiger partial charge in [-0.3, -0.25) is 4.68 Å². The van der Waals surface area contributed by atoms with Gasteiger partial charge in [0.05, 0.1) is 11.8 Å². The molecule has 0 aliphatic heterocycles. The maximum Gasteiger partial charge on any atom is 0.435 e. The number of anilines is 2. The zero-order valence-corrected chi connectivity index (χ0v) is 14.0. The Bertz CT molecular complexity index is 919. The van der Waals surface area contributed by atoms with E-state index in [1.54, 1.807) is 0 Å². The maximum absolute atomic E-state index is 13.6. The molecule has 138 valence electrons. The molecule has 0 aliphatic carbocycles. The van der Waals surface area contributed by atoms with Gasteiger partial charge in [0, 0.05) is 30.3 Å². The predicted octanol–water partition coefficient (Wildman–Crippen LogP) is 4.25. The van der Waals surface area contributed by atoms with Crippen LogP contribution in [0.2, 0.25) is 0 Å². The molecule has 0 radical (unpaired) electrons. The van der Waals surface area contributed by atoms with Gasteiger partial charge in [-0.05, 0) is 6.42 Å². The number of nitrogens with one attached hydrogen (secondary N) is 1. The van der Waals surface area contributed by atoms with Crippen LogP contribution in [0.15, 0.2) is 18.5 Å². The highest BCUT2D eigenvalue weighted by molar-refractivity contribution is 7.09. The minimum atomic E-state index is -4.67. The quantitative estimate of drug-likeness (QED) is 0.660. The lowest BCUT2D eigenvalue weighted by molar-refractivity contribution is -0.141. The lowest BCUT2D eigenvalue weighted by Crippen LogP contribution is -2.09. The van der Waals surface area contributed by atoms with Gasteiger partial charge >= 0.3 is 6.18 Å². The number of nitrogens with zero attached hydrogens (tertiary/aromatic N) is 5. The molecule has 3 rings (SSSR count). The Hall–Kier alpha value is -2.63. The molecule has 6 nitrogen and oxygen atoms in total. The summed E-state index contributed by atoms with van der Waals surface area (Å²) in [5.74, 6) is -2.33. The second kappa shape index (κ2) is 6.94. The number of hydrogen-bond acceptors (Lipinski definition) is 6. The average molecular weight is 390 g/mol. The Morgan fingerprint density at radius 3 is 2.69 bits per heavy atom. The van der Waals surface area contributed by atoms with Gasteiger partial charge in [-0.2, -0.15) is 27.6 Å². The molecular formula is C14H11F5N6S. The third kappa shape index (κ3) is 3.79. The van der Waals surface area contributed by atoms with Crippen LogP contribution in [0.4, 0.5) is 32.9 Å². The molecule has 0 atom stereocenters. The number of aryl methyl sites for hydroxylation is 1. The van der Waals surface area contributed by atoms with Crippen molar-refractivity contribution in [3.8, 4) is 11.4 Å². The summed E-state index contributed by atoms with van der Waals surface area (Å²) in [5, 5.41) is 6.02. The van der Waals surface area contributed by atoms with Gasteiger partial charge in [0.25, 0.3) is 0 Å². The molecule has 0 saturated carbocycles. The van der Waals surface area contributed by atoms with E-state index >= 15 is 0 Å². The molecule has 0 aromatic carbocycles. The van der Waals surface area contributed by atoms with E-state index in [0.717, 1.165) is 17.7 Å². The van der Waals surface area contributed by atoms with Crippen molar-refractivity contribution in [3.63, 3.8) is 0 Å². The third-order valence-corrected chi connectivity index (χ3v) is 3.81. The molecule has 0 aliphatic rings. The highest BCUT2D eigenvalue weighted by Gasteiger charge is 2.38. The van der Waals surface area contributed by atoms with Crippen LogP contribution in [0.1, 0.15) is 19.0 Å². The average Bonchev–Trinajstić information content (AvgIpc) is 3.17. The van der Waals surface area contributed by atoms with E-state index < -0.39 is 23.5 Å². The van der Waals surface area contributed by atoms with Crippen LogP contribution in [0.5, 0.6) is 0 Å².